The summed E-state index contributed by atoms with van der Waals surface area (Å²) in [6.07, 6.45) is 1.32. The minimum atomic E-state index is 0.577. The number of nitrogens with zero attached hydrogens (tertiary/aromatic N) is 4. The maximum Gasteiger partial charge on any atom is 0.213 e. The van der Waals surface area contributed by atoms with E-state index in [-0.39, 0.29) is 0 Å². The molecule has 0 aliphatic rings. The van der Waals surface area contributed by atoms with Crippen LogP contribution in [0.3, 0.4) is 0 Å². The van der Waals surface area contributed by atoms with Gasteiger partial charge in [0.05, 0.1) is 22.4 Å². The highest BCUT2D eigenvalue weighted by Crippen LogP contribution is 2.19. The molecule has 16 heavy (non-hydrogen) atoms. The van der Waals surface area contributed by atoms with Gasteiger partial charge in [-0.2, -0.15) is 10.1 Å². The molecule has 0 aliphatic carbocycles. The fraction of sp³-hybridized carbons (Fsp3) is 0.444. The van der Waals surface area contributed by atoms with E-state index in [0.29, 0.717) is 18.9 Å². The summed E-state index contributed by atoms with van der Waals surface area (Å²) in [4.78, 5) is 3.92. The van der Waals surface area contributed by atoms with Crippen LogP contribution < -0.4 is 5.32 Å². The van der Waals surface area contributed by atoms with Crippen LogP contribution >= 0.6 is 15.9 Å². The molecule has 0 amide bonds. The third-order valence-corrected chi connectivity index (χ3v) is 3.28. The first-order valence-corrected chi connectivity index (χ1v) is 5.61. The smallest absolute Gasteiger partial charge is 0.213 e. The number of aryl methyl sites for hydroxylation is 2. The highest BCUT2D eigenvalue weighted by molar-refractivity contribution is 9.10. The molecule has 1 N–H and O–H groups in total. The van der Waals surface area contributed by atoms with Crippen LogP contribution in [0.2, 0.25) is 0 Å². The van der Waals surface area contributed by atoms with Gasteiger partial charge in [-0.25, -0.2) is 0 Å². The Hall–Kier alpha value is -1.21. The Balaban J connectivity index is 1.95. The lowest BCUT2D eigenvalue weighted by Crippen LogP contribution is -2.16. The Morgan fingerprint density at radius 3 is 2.88 bits per heavy atom. The van der Waals surface area contributed by atoms with Gasteiger partial charge < -0.3 is 9.84 Å². The van der Waals surface area contributed by atoms with Gasteiger partial charge in [0.15, 0.2) is 5.82 Å². The Kier molecular flexibility index (Phi) is 3.35. The van der Waals surface area contributed by atoms with Gasteiger partial charge in [-0.1, -0.05) is 5.16 Å². The van der Waals surface area contributed by atoms with E-state index in [4.69, 9.17) is 0 Å². The molecule has 0 saturated heterocycles. The van der Waals surface area contributed by atoms with Crippen molar-refractivity contribution in [3.63, 3.8) is 0 Å². The van der Waals surface area contributed by atoms with E-state index in [1.165, 1.54) is 6.39 Å². The predicted molar refractivity (Wildman–Crippen MR) is 60.5 cm³/mol. The first kappa shape index (κ1) is 11.3. The standard InChI is InChI=1S/C9H12BrN5O/c1-6-9(10)7(15(2)13-6)3-11-4-8-12-5-16-14-8/h5,11H,3-4H2,1-2H3. The molecule has 2 rings (SSSR count). The van der Waals surface area contributed by atoms with Crippen LogP contribution in [0.1, 0.15) is 17.2 Å². The average Bonchev–Trinajstić information content (AvgIpc) is 2.82. The van der Waals surface area contributed by atoms with Gasteiger partial charge in [-0.3, -0.25) is 4.68 Å². The summed E-state index contributed by atoms with van der Waals surface area (Å²) in [6, 6.07) is 0. The van der Waals surface area contributed by atoms with Gasteiger partial charge in [0.2, 0.25) is 6.39 Å². The molecule has 0 spiro atoms. The van der Waals surface area contributed by atoms with Crippen LogP contribution in [-0.4, -0.2) is 19.9 Å². The van der Waals surface area contributed by atoms with Crippen molar-refractivity contribution >= 4 is 15.9 Å². The Labute approximate surface area is 101 Å². The fourth-order valence-corrected chi connectivity index (χ4v) is 1.91. The van der Waals surface area contributed by atoms with Gasteiger partial charge >= 0.3 is 0 Å². The Morgan fingerprint density at radius 2 is 2.31 bits per heavy atom. The molecule has 0 aliphatic heterocycles. The number of hydrogen-bond acceptors (Lipinski definition) is 5. The van der Waals surface area contributed by atoms with Gasteiger partial charge in [0, 0.05) is 13.6 Å². The van der Waals surface area contributed by atoms with Crippen molar-refractivity contribution in [2.75, 3.05) is 0 Å². The van der Waals surface area contributed by atoms with Crippen molar-refractivity contribution in [3.8, 4) is 0 Å². The maximum absolute atomic E-state index is 4.64. The lowest BCUT2D eigenvalue weighted by Gasteiger charge is -2.03. The molecule has 0 bridgehead atoms. The summed E-state index contributed by atoms with van der Waals surface area (Å²) in [5, 5.41) is 11.2. The first-order valence-electron chi connectivity index (χ1n) is 4.82. The topological polar surface area (TPSA) is 68.8 Å². The van der Waals surface area contributed by atoms with Crippen LogP contribution in [0.5, 0.6) is 0 Å². The third kappa shape index (κ3) is 2.30. The predicted octanol–water partition coefficient (Wildman–Crippen LogP) is 1.16. The molecule has 0 aromatic carbocycles. The van der Waals surface area contributed by atoms with E-state index in [1.54, 1.807) is 0 Å². The normalized spacial score (nSPS) is 10.9. The minimum absolute atomic E-state index is 0.577. The second kappa shape index (κ2) is 4.75. The second-order valence-electron chi connectivity index (χ2n) is 3.42. The number of nitrogens with one attached hydrogen (secondary N) is 1. The summed E-state index contributed by atoms with van der Waals surface area (Å²) >= 11 is 3.51. The summed E-state index contributed by atoms with van der Waals surface area (Å²) < 4.78 is 7.53. The van der Waals surface area contributed by atoms with Crippen molar-refractivity contribution in [3.05, 3.63) is 28.1 Å². The van der Waals surface area contributed by atoms with Crippen LogP contribution in [-0.2, 0) is 20.1 Å². The Bertz CT molecular complexity index is 464. The van der Waals surface area contributed by atoms with Crippen LogP contribution in [0.4, 0.5) is 0 Å². The number of aromatic nitrogens is 4. The van der Waals surface area contributed by atoms with Crippen molar-refractivity contribution in [2.45, 2.75) is 20.0 Å². The number of halogens is 1. The molecule has 2 heterocycles. The summed E-state index contributed by atoms with van der Waals surface area (Å²) in [6.45, 7) is 3.24. The van der Waals surface area contributed by atoms with Crippen molar-refractivity contribution < 1.29 is 4.52 Å². The molecule has 0 unspecified atom stereocenters. The zero-order chi connectivity index (χ0) is 11.5. The molecule has 0 fully saturated rings. The number of hydrogen-bond donors (Lipinski definition) is 1. The highest BCUT2D eigenvalue weighted by atomic mass is 79.9. The van der Waals surface area contributed by atoms with E-state index >= 15 is 0 Å². The third-order valence-electron chi connectivity index (χ3n) is 2.24. The van der Waals surface area contributed by atoms with Crippen molar-refractivity contribution in [1.29, 1.82) is 0 Å². The molecule has 7 heteroatoms. The number of rotatable bonds is 4. The largest absolute Gasteiger partial charge is 0.343 e. The fourth-order valence-electron chi connectivity index (χ4n) is 1.44. The monoisotopic (exact) mass is 285 g/mol. The van der Waals surface area contributed by atoms with E-state index in [0.717, 1.165) is 15.9 Å². The highest BCUT2D eigenvalue weighted by Gasteiger charge is 2.10. The van der Waals surface area contributed by atoms with Gasteiger partial charge in [-0.15, -0.1) is 0 Å². The van der Waals surface area contributed by atoms with Crippen LogP contribution in [0.25, 0.3) is 0 Å². The maximum atomic E-state index is 4.64. The molecule has 2 aromatic heterocycles. The lowest BCUT2D eigenvalue weighted by atomic mass is 10.3. The van der Waals surface area contributed by atoms with Crippen molar-refractivity contribution in [2.24, 2.45) is 7.05 Å². The zero-order valence-electron chi connectivity index (χ0n) is 9.07. The molecule has 86 valence electrons. The first-order chi connectivity index (χ1) is 7.68. The van der Waals surface area contributed by atoms with Crippen LogP contribution in [0, 0.1) is 6.92 Å². The second-order valence-corrected chi connectivity index (χ2v) is 4.21. The minimum Gasteiger partial charge on any atom is -0.343 e. The van der Waals surface area contributed by atoms with E-state index < -0.39 is 0 Å². The van der Waals surface area contributed by atoms with Crippen molar-refractivity contribution in [1.82, 2.24) is 25.2 Å². The molecule has 2 aromatic rings. The van der Waals surface area contributed by atoms with Gasteiger partial charge in [-0.05, 0) is 22.9 Å². The summed E-state index contributed by atoms with van der Waals surface area (Å²) in [5.74, 6) is 0.648. The molecular weight excluding hydrogens is 274 g/mol. The zero-order valence-corrected chi connectivity index (χ0v) is 10.7. The quantitative estimate of drug-likeness (QED) is 0.913. The molecule has 6 nitrogen and oxygen atoms in total. The summed E-state index contributed by atoms with van der Waals surface area (Å²) in [5.41, 5.74) is 2.08. The molecule has 0 atom stereocenters. The lowest BCUT2D eigenvalue weighted by molar-refractivity contribution is 0.407. The van der Waals surface area contributed by atoms with Gasteiger partial charge in [0.1, 0.15) is 0 Å². The molecular formula is C9H12BrN5O. The van der Waals surface area contributed by atoms with E-state index in [1.807, 2.05) is 18.7 Å². The average molecular weight is 286 g/mol. The molecule has 0 radical (unpaired) electrons. The SMILES string of the molecule is Cc1nn(C)c(CNCc2ncon2)c1Br. The molecule has 0 saturated carbocycles. The summed E-state index contributed by atoms with van der Waals surface area (Å²) in [7, 11) is 1.92. The van der Waals surface area contributed by atoms with Gasteiger partial charge in [0.25, 0.3) is 0 Å². The Morgan fingerprint density at radius 1 is 1.50 bits per heavy atom. The van der Waals surface area contributed by atoms with E-state index in [2.05, 4.69) is 41.0 Å². The van der Waals surface area contributed by atoms with Crippen LogP contribution in [0.15, 0.2) is 15.4 Å². The van der Waals surface area contributed by atoms with E-state index in [9.17, 15) is 0 Å².